The van der Waals surface area contributed by atoms with Gasteiger partial charge in [0.2, 0.25) is 0 Å². The van der Waals surface area contributed by atoms with E-state index in [2.05, 4.69) is 15.3 Å². The topological polar surface area (TPSA) is 78.8 Å². The van der Waals surface area contributed by atoms with Gasteiger partial charge in [0.25, 0.3) is 0 Å². The Morgan fingerprint density at radius 3 is 2.61 bits per heavy atom. The van der Waals surface area contributed by atoms with E-state index in [1.165, 1.54) is 0 Å². The molecule has 0 atom stereocenters. The highest BCUT2D eigenvalue weighted by Crippen LogP contribution is 2.22. The number of halogens is 1. The summed E-state index contributed by atoms with van der Waals surface area (Å²) < 4.78 is 7.58. The Labute approximate surface area is 167 Å². The van der Waals surface area contributed by atoms with E-state index in [9.17, 15) is 0 Å². The largest absolute Gasteiger partial charge is 0.489 e. The minimum atomic E-state index is 0.429. The van der Waals surface area contributed by atoms with E-state index in [1.54, 1.807) is 10.9 Å². The molecule has 2 aromatic carbocycles. The van der Waals surface area contributed by atoms with Crippen molar-refractivity contribution in [3.63, 3.8) is 0 Å². The van der Waals surface area contributed by atoms with E-state index >= 15 is 0 Å². The molecule has 0 amide bonds. The first-order valence-electron chi connectivity index (χ1n) is 8.75. The van der Waals surface area contributed by atoms with Gasteiger partial charge in [-0.2, -0.15) is 0 Å². The summed E-state index contributed by atoms with van der Waals surface area (Å²) in [5.74, 6) is 1.22. The van der Waals surface area contributed by atoms with Crippen LogP contribution in [0.15, 0.2) is 73.1 Å². The number of aromatic nitrogens is 4. The Morgan fingerprint density at radius 1 is 1.00 bits per heavy atom. The number of pyridine rings is 1. The maximum atomic E-state index is 6.15. The van der Waals surface area contributed by atoms with Gasteiger partial charge in [-0.15, -0.1) is 5.10 Å². The molecule has 0 aliphatic rings. The summed E-state index contributed by atoms with van der Waals surface area (Å²) in [6.45, 7) is 1.02. The maximum Gasteiger partial charge on any atom is 0.132 e. The van der Waals surface area contributed by atoms with Crippen molar-refractivity contribution in [2.75, 3.05) is 5.73 Å². The minimum absolute atomic E-state index is 0.429. The van der Waals surface area contributed by atoms with E-state index < -0.39 is 0 Å². The van der Waals surface area contributed by atoms with Gasteiger partial charge in [-0.25, -0.2) is 9.67 Å². The molecule has 0 spiro atoms. The van der Waals surface area contributed by atoms with Gasteiger partial charge < -0.3 is 10.5 Å². The normalized spacial score (nSPS) is 10.8. The van der Waals surface area contributed by atoms with E-state index in [0.29, 0.717) is 29.7 Å². The zero-order valence-corrected chi connectivity index (χ0v) is 15.8. The Kier molecular flexibility index (Phi) is 5.21. The van der Waals surface area contributed by atoms with Crippen molar-refractivity contribution in [3.8, 4) is 17.0 Å². The molecule has 0 radical (unpaired) electrons. The van der Waals surface area contributed by atoms with Gasteiger partial charge in [0.15, 0.2) is 0 Å². The summed E-state index contributed by atoms with van der Waals surface area (Å²) in [6, 6.07) is 19.2. The molecule has 140 valence electrons. The van der Waals surface area contributed by atoms with Crippen LogP contribution in [0, 0.1) is 0 Å². The molecule has 6 nitrogen and oxygen atoms in total. The molecule has 2 N–H and O–H groups in total. The molecule has 4 rings (SSSR count). The summed E-state index contributed by atoms with van der Waals surface area (Å²) in [5, 5.41) is 9.07. The van der Waals surface area contributed by atoms with Crippen molar-refractivity contribution in [3.05, 3.63) is 89.2 Å². The van der Waals surface area contributed by atoms with Crippen LogP contribution in [0.4, 0.5) is 5.82 Å². The second-order valence-electron chi connectivity index (χ2n) is 6.26. The van der Waals surface area contributed by atoms with E-state index in [1.807, 2.05) is 66.9 Å². The van der Waals surface area contributed by atoms with Crippen LogP contribution < -0.4 is 10.5 Å². The van der Waals surface area contributed by atoms with Crippen LogP contribution in [-0.4, -0.2) is 20.0 Å². The number of benzene rings is 2. The smallest absolute Gasteiger partial charge is 0.132 e. The average molecular weight is 392 g/mol. The zero-order valence-electron chi connectivity index (χ0n) is 15.0. The highest BCUT2D eigenvalue weighted by Gasteiger charge is 2.08. The number of nitrogen functional groups attached to an aromatic ring is 1. The van der Waals surface area contributed by atoms with Crippen LogP contribution in [0.2, 0.25) is 5.02 Å². The quantitative estimate of drug-likeness (QED) is 0.532. The van der Waals surface area contributed by atoms with Gasteiger partial charge in [-0.3, -0.25) is 0 Å². The average Bonchev–Trinajstić information content (AvgIpc) is 3.17. The van der Waals surface area contributed by atoms with Crippen molar-refractivity contribution in [2.45, 2.75) is 13.2 Å². The van der Waals surface area contributed by atoms with Gasteiger partial charge in [-0.1, -0.05) is 47.1 Å². The van der Waals surface area contributed by atoms with Crippen LogP contribution in [-0.2, 0) is 13.2 Å². The van der Waals surface area contributed by atoms with E-state index in [4.69, 9.17) is 22.1 Å². The Hall–Kier alpha value is -3.38. The Balaban J connectivity index is 1.40. The van der Waals surface area contributed by atoms with E-state index in [-0.39, 0.29) is 0 Å². The number of rotatable bonds is 6. The predicted molar refractivity (Wildman–Crippen MR) is 109 cm³/mol. The number of anilines is 1. The molecule has 0 saturated carbocycles. The first kappa shape index (κ1) is 18.0. The van der Waals surface area contributed by atoms with Crippen molar-refractivity contribution >= 4 is 17.4 Å². The third-order valence-electron chi connectivity index (χ3n) is 4.27. The molecule has 28 heavy (non-hydrogen) atoms. The number of nitrogens with two attached hydrogens (primary N) is 1. The lowest BCUT2D eigenvalue weighted by atomic mass is 10.2. The van der Waals surface area contributed by atoms with Gasteiger partial charge >= 0.3 is 0 Å². The second kappa shape index (κ2) is 8.10. The number of ether oxygens (including phenoxy) is 1. The molecular formula is C21H18ClN5O. The lowest BCUT2D eigenvalue weighted by Gasteiger charge is -2.08. The van der Waals surface area contributed by atoms with Gasteiger partial charge in [0, 0.05) is 22.3 Å². The summed E-state index contributed by atoms with van der Waals surface area (Å²) in [7, 11) is 0. The standard InChI is InChI=1S/C21H18ClN5O/c22-19-6-2-1-4-16(19)14-28-17-9-7-15(8-10-17)12-27-13-20(25-26-27)18-5-3-11-24-21(18)23/h1-11,13H,12,14H2,(H2,23,24). The van der Waals surface area contributed by atoms with Gasteiger partial charge in [0.1, 0.15) is 23.9 Å². The van der Waals surface area contributed by atoms with Crippen LogP contribution in [0.1, 0.15) is 11.1 Å². The fourth-order valence-corrected chi connectivity index (χ4v) is 2.98. The zero-order chi connectivity index (χ0) is 19.3. The van der Waals surface area contributed by atoms with Crippen molar-refractivity contribution in [2.24, 2.45) is 0 Å². The van der Waals surface area contributed by atoms with E-state index in [0.717, 1.165) is 22.4 Å². The first-order valence-corrected chi connectivity index (χ1v) is 9.13. The highest BCUT2D eigenvalue weighted by molar-refractivity contribution is 6.31. The van der Waals surface area contributed by atoms with Crippen LogP contribution >= 0.6 is 11.6 Å². The molecule has 0 aliphatic heterocycles. The molecule has 2 heterocycles. The van der Waals surface area contributed by atoms with Gasteiger partial charge in [0.05, 0.1) is 12.7 Å². The molecule has 0 unspecified atom stereocenters. The third-order valence-corrected chi connectivity index (χ3v) is 4.64. The van der Waals surface area contributed by atoms with Crippen molar-refractivity contribution < 1.29 is 4.74 Å². The number of nitrogens with zero attached hydrogens (tertiary/aromatic N) is 4. The molecule has 4 aromatic rings. The Morgan fingerprint density at radius 2 is 1.82 bits per heavy atom. The molecular weight excluding hydrogens is 374 g/mol. The summed E-state index contributed by atoms with van der Waals surface area (Å²) in [4.78, 5) is 4.08. The minimum Gasteiger partial charge on any atom is -0.489 e. The summed E-state index contributed by atoms with van der Waals surface area (Å²) >= 11 is 6.15. The predicted octanol–water partition coefficient (Wildman–Crippen LogP) is 4.20. The molecule has 0 saturated heterocycles. The molecule has 0 fully saturated rings. The summed E-state index contributed by atoms with van der Waals surface area (Å²) in [5.41, 5.74) is 9.42. The molecule has 2 aromatic heterocycles. The number of hydrogen-bond donors (Lipinski definition) is 1. The number of hydrogen-bond acceptors (Lipinski definition) is 5. The second-order valence-corrected chi connectivity index (χ2v) is 6.67. The molecule has 0 bridgehead atoms. The lowest BCUT2D eigenvalue weighted by molar-refractivity contribution is 0.306. The monoisotopic (exact) mass is 391 g/mol. The van der Waals surface area contributed by atoms with Crippen molar-refractivity contribution in [1.82, 2.24) is 20.0 Å². The van der Waals surface area contributed by atoms with Crippen LogP contribution in [0.3, 0.4) is 0 Å². The fraction of sp³-hybridized carbons (Fsp3) is 0.0952. The first-order chi connectivity index (χ1) is 13.7. The SMILES string of the molecule is Nc1ncccc1-c1cn(Cc2ccc(OCc3ccccc3Cl)cc2)nn1. The van der Waals surface area contributed by atoms with Crippen molar-refractivity contribution in [1.29, 1.82) is 0 Å². The van der Waals surface area contributed by atoms with Crippen LogP contribution in [0.25, 0.3) is 11.3 Å². The summed E-state index contributed by atoms with van der Waals surface area (Å²) in [6.07, 6.45) is 3.51. The molecule has 7 heteroatoms. The lowest BCUT2D eigenvalue weighted by Crippen LogP contribution is -2.01. The highest BCUT2D eigenvalue weighted by atomic mass is 35.5. The Bertz CT molecular complexity index is 1080. The maximum absolute atomic E-state index is 6.15. The molecule has 0 aliphatic carbocycles. The van der Waals surface area contributed by atoms with Crippen LogP contribution in [0.5, 0.6) is 5.75 Å². The fourth-order valence-electron chi connectivity index (χ4n) is 2.79. The van der Waals surface area contributed by atoms with Gasteiger partial charge in [-0.05, 0) is 35.9 Å². The third kappa shape index (κ3) is 4.13.